The van der Waals surface area contributed by atoms with E-state index in [2.05, 4.69) is 50.0 Å². The van der Waals surface area contributed by atoms with Crippen molar-refractivity contribution < 1.29 is 4.79 Å². The zero-order valence-corrected chi connectivity index (χ0v) is 14.0. The molecule has 1 aromatic carbocycles. The molecular weight excluding hydrogens is 260 g/mol. The molecule has 0 spiro atoms. The molecule has 1 aliphatic heterocycles. The summed E-state index contributed by atoms with van der Waals surface area (Å²) in [5.74, 6) is 0.539. The molecule has 1 unspecified atom stereocenters. The summed E-state index contributed by atoms with van der Waals surface area (Å²) in [5.41, 5.74) is 3.75. The molecule has 2 rings (SSSR count). The molecule has 0 aromatic heterocycles. The van der Waals surface area contributed by atoms with Gasteiger partial charge in [-0.15, -0.1) is 0 Å². The predicted molar refractivity (Wildman–Crippen MR) is 90.1 cm³/mol. The van der Waals surface area contributed by atoms with Crippen molar-refractivity contribution in [2.24, 2.45) is 0 Å². The van der Waals surface area contributed by atoms with Crippen LogP contribution < -0.4 is 10.2 Å². The van der Waals surface area contributed by atoms with Gasteiger partial charge in [0.15, 0.2) is 0 Å². The Kier molecular flexibility index (Phi) is 4.60. The molecule has 116 valence electrons. The van der Waals surface area contributed by atoms with Gasteiger partial charge < -0.3 is 10.2 Å². The van der Waals surface area contributed by atoms with Crippen LogP contribution in [0.5, 0.6) is 0 Å². The molecule has 1 amide bonds. The average Bonchev–Trinajstić information content (AvgIpc) is 2.36. The fourth-order valence-corrected chi connectivity index (χ4v) is 3.51. The van der Waals surface area contributed by atoms with Gasteiger partial charge in [-0.1, -0.05) is 26.3 Å². The summed E-state index contributed by atoms with van der Waals surface area (Å²) < 4.78 is 0. The number of hydrogen-bond donors (Lipinski definition) is 1. The maximum absolute atomic E-state index is 11.3. The van der Waals surface area contributed by atoms with Gasteiger partial charge in [0, 0.05) is 30.4 Å². The van der Waals surface area contributed by atoms with Crippen LogP contribution in [0.15, 0.2) is 18.2 Å². The summed E-state index contributed by atoms with van der Waals surface area (Å²) >= 11 is 0. The second-order valence-corrected chi connectivity index (χ2v) is 6.88. The van der Waals surface area contributed by atoms with Crippen LogP contribution in [0.3, 0.4) is 0 Å². The zero-order chi connectivity index (χ0) is 15.6. The van der Waals surface area contributed by atoms with Crippen molar-refractivity contribution in [3.05, 3.63) is 23.8 Å². The third kappa shape index (κ3) is 3.39. The highest BCUT2D eigenvalue weighted by atomic mass is 16.1. The summed E-state index contributed by atoms with van der Waals surface area (Å²) in [5, 5.41) is 2.91. The van der Waals surface area contributed by atoms with Crippen molar-refractivity contribution in [2.75, 3.05) is 16.8 Å². The third-order valence-electron chi connectivity index (χ3n) is 4.44. The number of nitrogens with zero attached hydrogens (tertiary/aromatic N) is 1. The molecule has 0 aliphatic carbocycles. The molecule has 1 atom stereocenters. The number of hydrogen-bond acceptors (Lipinski definition) is 2. The van der Waals surface area contributed by atoms with Crippen LogP contribution in [-0.4, -0.2) is 18.0 Å². The first kappa shape index (κ1) is 15.9. The van der Waals surface area contributed by atoms with Crippen LogP contribution in [0.1, 0.15) is 65.4 Å². The van der Waals surface area contributed by atoms with Crippen molar-refractivity contribution >= 4 is 17.3 Å². The molecule has 1 aromatic rings. The van der Waals surface area contributed by atoms with E-state index in [0.29, 0.717) is 5.92 Å². The Hall–Kier alpha value is -1.51. The van der Waals surface area contributed by atoms with Gasteiger partial charge in [-0.3, -0.25) is 4.79 Å². The fourth-order valence-electron chi connectivity index (χ4n) is 3.51. The van der Waals surface area contributed by atoms with E-state index in [-0.39, 0.29) is 11.4 Å². The van der Waals surface area contributed by atoms with E-state index >= 15 is 0 Å². The van der Waals surface area contributed by atoms with Crippen LogP contribution in [-0.2, 0) is 4.79 Å². The lowest BCUT2D eigenvalue weighted by molar-refractivity contribution is -0.114. The van der Waals surface area contributed by atoms with Gasteiger partial charge in [0.05, 0.1) is 0 Å². The summed E-state index contributed by atoms with van der Waals surface area (Å²) in [6.45, 7) is 11.8. The molecule has 0 bridgehead atoms. The number of nitrogens with one attached hydrogen (secondary N) is 1. The minimum atomic E-state index is -0.0156. The lowest BCUT2D eigenvalue weighted by Gasteiger charge is -2.48. The molecule has 3 nitrogen and oxygen atoms in total. The van der Waals surface area contributed by atoms with E-state index < -0.39 is 0 Å². The van der Waals surface area contributed by atoms with E-state index in [1.807, 2.05) is 6.07 Å². The maximum atomic E-state index is 11.3. The van der Waals surface area contributed by atoms with Crippen molar-refractivity contribution in [3.63, 3.8) is 0 Å². The van der Waals surface area contributed by atoms with Gasteiger partial charge in [0.1, 0.15) is 0 Å². The van der Waals surface area contributed by atoms with Crippen molar-refractivity contribution in [1.82, 2.24) is 0 Å². The van der Waals surface area contributed by atoms with E-state index in [4.69, 9.17) is 0 Å². The first-order valence-electron chi connectivity index (χ1n) is 8.04. The summed E-state index contributed by atoms with van der Waals surface area (Å²) in [7, 11) is 0. The van der Waals surface area contributed by atoms with Crippen molar-refractivity contribution in [1.29, 1.82) is 0 Å². The predicted octanol–water partition coefficient (Wildman–Crippen LogP) is 4.54. The van der Waals surface area contributed by atoms with Gasteiger partial charge in [-0.25, -0.2) is 0 Å². The molecule has 0 saturated carbocycles. The number of fused-ring (bicyclic) bond motifs is 1. The lowest BCUT2D eigenvalue weighted by Crippen LogP contribution is -2.48. The highest BCUT2D eigenvalue weighted by molar-refractivity contribution is 5.89. The molecule has 21 heavy (non-hydrogen) atoms. The highest BCUT2D eigenvalue weighted by Crippen LogP contribution is 2.44. The number of unbranched alkanes of at least 4 members (excludes halogenated alkanes) is 1. The van der Waals surface area contributed by atoms with Gasteiger partial charge in [0.25, 0.3) is 0 Å². The monoisotopic (exact) mass is 288 g/mol. The smallest absolute Gasteiger partial charge is 0.221 e. The van der Waals surface area contributed by atoms with Gasteiger partial charge in [0.2, 0.25) is 5.91 Å². The number of rotatable bonds is 4. The summed E-state index contributed by atoms with van der Waals surface area (Å²) in [6.07, 6.45) is 3.56. The Morgan fingerprint density at radius 3 is 2.76 bits per heavy atom. The number of anilines is 2. The van der Waals surface area contributed by atoms with Gasteiger partial charge in [-0.05, 0) is 50.3 Å². The van der Waals surface area contributed by atoms with E-state index in [0.717, 1.165) is 12.2 Å². The molecule has 0 fully saturated rings. The number of benzene rings is 1. The minimum Gasteiger partial charge on any atom is -0.366 e. The van der Waals surface area contributed by atoms with Crippen LogP contribution in [0.2, 0.25) is 0 Å². The normalized spacial score (nSPS) is 20.0. The van der Waals surface area contributed by atoms with Crippen LogP contribution in [0.25, 0.3) is 0 Å². The molecule has 1 N–H and O–H groups in total. The number of carbonyl (C=O) groups is 1. The average molecular weight is 288 g/mol. The zero-order valence-electron chi connectivity index (χ0n) is 14.0. The second-order valence-electron chi connectivity index (χ2n) is 6.88. The summed E-state index contributed by atoms with van der Waals surface area (Å²) in [4.78, 5) is 13.8. The Bertz CT molecular complexity index is 522. The van der Waals surface area contributed by atoms with Crippen LogP contribution in [0, 0.1) is 0 Å². The van der Waals surface area contributed by atoms with Gasteiger partial charge >= 0.3 is 0 Å². The van der Waals surface area contributed by atoms with E-state index in [9.17, 15) is 4.79 Å². The van der Waals surface area contributed by atoms with E-state index in [1.54, 1.807) is 6.92 Å². The fraction of sp³-hybridized carbons (Fsp3) is 0.611. The van der Waals surface area contributed by atoms with E-state index in [1.165, 1.54) is 30.5 Å². The maximum Gasteiger partial charge on any atom is 0.221 e. The quantitative estimate of drug-likeness (QED) is 0.882. The van der Waals surface area contributed by atoms with Crippen molar-refractivity contribution in [2.45, 2.75) is 65.3 Å². The molecule has 3 heteroatoms. The third-order valence-corrected chi connectivity index (χ3v) is 4.44. The first-order valence-corrected chi connectivity index (χ1v) is 8.04. The molecular formula is C18H28N2O. The largest absolute Gasteiger partial charge is 0.366 e. The molecule has 0 saturated heterocycles. The van der Waals surface area contributed by atoms with Gasteiger partial charge in [-0.2, -0.15) is 0 Å². The minimum absolute atomic E-state index is 0.0156. The molecule has 1 heterocycles. The topological polar surface area (TPSA) is 32.3 Å². The standard InChI is InChI=1S/C18H28N2O/c1-6-7-10-20-17-11-15(19-14(3)21)8-9-16(17)13(2)12-18(20,4)5/h8-9,11,13H,6-7,10,12H2,1-5H3,(H,19,21). The van der Waals surface area contributed by atoms with Crippen LogP contribution in [0.4, 0.5) is 11.4 Å². The Morgan fingerprint density at radius 1 is 1.43 bits per heavy atom. The van der Waals surface area contributed by atoms with Crippen molar-refractivity contribution in [3.8, 4) is 0 Å². The summed E-state index contributed by atoms with van der Waals surface area (Å²) in [6, 6.07) is 6.34. The first-order chi connectivity index (χ1) is 9.85. The number of carbonyl (C=O) groups excluding carboxylic acids is 1. The SMILES string of the molecule is CCCCN1c2cc(NC(C)=O)ccc2C(C)CC1(C)C. The Balaban J connectivity index is 2.42. The molecule has 0 radical (unpaired) electrons. The van der Waals surface area contributed by atoms with Crippen LogP contribution >= 0.6 is 0 Å². The molecule has 1 aliphatic rings. The number of amides is 1. The Labute approximate surface area is 128 Å². The second kappa shape index (κ2) is 6.08. The lowest BCUT2D eigenvalue weighted by atomic mass is 9.80. The Morgan fingerprint density at radius 2 is 2.14 bits per heavy atom. The highest BCUT2D eigenvalue weighted by Gasteiger charge is 2.35.